The lowest BCUT2D eigenvalue weighted by atomic mass is 10.0. The fourth-order valence-electron chi connectivity index (χ4n) is 2.06. The molecule has 3 nitrogen and oxygen atoms in total. The minimum atomic E-state index is -1.24. The molecule has 0 heterocycles. The summed E-state index contributed by atoms with van der Waals surface area (Å²) in [7, 11) is -1.24. The van der Waals surface area contributed by atoms with Crippen LogP contribution in [0.25, 0.3) is 11.1 Å². The van der Waals surface area contributed by atoms with Crippen molar-refractivity contribution in [2.24, 2.45) is 5.73 Å². The van der Waals surface area contributed by atoms with Crippen LogP contribution in [0.15, 0.2) is 48.5 Å². The largest absolute Gasteiger partial charge is 0.369 e. The molecule has 4 heteroatoms. The van der Waals surface area contributed by atoms with Gasteiger partial charge in [-0.3, -0.25) is 9.00 Å². The molecule has 0 saturated carbocycles. The molecule has 0 bridgehead atoms. The van der Waals surface area contributed by atoms with Crippen molar-refractivity contribution >= 4 is 16.7 Å². The number of hydrogen-bond acceptors (Lipinski definition) is 2. The fourth-order valence-corrected chi connectivity index (χ4v) is 3.03. The van der Waals surface area contributed by atoms with Gasteiger partial charge in [-0.05, 0) is 23.6 Å². The second-order valence-corrected chi connectivity index (χ2v) is 6.22. The van der Waals surface area contributed by atoms with Gasteiger partial charge >= 0.3 is 0 Å². The summed E-state index contributed by atoms with van der Waals surface area (Å²) < 4.78 is 11.7. The van der Waals surface area contributed by atoms with E-state index >= 15 is 0 Å². The maximum atomic E-state index is 11.7. The molecule has 0 aliphatic rings. The molecule has 104 valence electrons. The van der Waals surface area contributed by atoms with Gasteiger partial charge in [-0.15, -0.1) is 0 Å². The monoisotopic (exact) mass is 287 g/mol. The highest BCUT2D eigenvalue weighted by atomic mass is 32.2. The lowest BCUT2D eigenvalue weighted by Crippen LogP contribution is -2.20. The second kappa shape index (κ2) is 6.48. The van der Waals surface area contributed by atoms with Crippen molar-refractivity contribution in [3.8, 4) is 11.1 Å². The van der Waals surface area contributed by atoms with Gasteiger partial charge in [-0.25, -0.2) is 0 Å². The third-order valence-corrected chi connectivity index (χ3v) is 4.17. The first kappa shape index (κ1) is 14.5. The van der Waals surface area contributed by atoms with Gasteiger partial charge in [0, 0.05) is 16.6 Å². The number of aryl methyl sites for hydroxylation is 1. The van der Waals surface area contributed by atoms with Gasteiger partial charge in [-0.1, -0.05) is 54.1 Å². The van der Waals surface area contributed by atoms with Gasteiger partial charge in [0.1, 0.15) is 5.75 Å². The topological polar surface area (TPSA) is 60.2 Å². The maximum Gasteiger partial charge on any atom is 0.230 e. The summed E-state index contributed by atoms with van der Waals surface area (Å²) in [4.78, 5) is 10.8. The first-order chi connectivity index (χ1) is 9.54. The van der Waals surface area contributed by atoms with Crippen molar-refractivity contribution in [1.29, 1.82) is 0 Å². The Morgan fingerprint density at radius 2 is 1.75 bits per heavy atom. The molecule has 0 spiro atoms. The smallest absolute Gasteiger partial charge is 0.230 e. The van der Waals surface area contributed by atoms with Crippen LogP contribution in [0.1, 0.15) is 11.1 Å². The number of nitrogens with two attached hydrogens (primary N) is 1. The number of amides is 1. The average Bonchev–Trinajstić information content (AvgIpc) is 2.38. The highest BCUT2D eigenvalue weighted by Crippen LogP contribution is 2.22. The van der Waals surface area contributed by atoms with Crippen LogP contribution in [0.5, 0.6) is 0 Å². The van der Waals surface area contributed by atoms with Gasteiger partial charge in [-0.2, -0.15) is 0 Å². The highest BCUT2D eigenvalue weighted by molar-refractivity contribution is 7.84. The molecule has 1 unspecified atom stereocenters. The minimum absolute atomic E-state index is 0.0886. The zero-order chi connectivity index (χ0) is 14.5. The summed E-state index contributed by atoms with van der Waals surface area (Å²) in [5.74, 6) is -0.268. The highest BCUT2D eigenvalue weighted by Gasteiger charge is 2.06. The molecule has 2 rings (SSSR count). The quantitative estimate of drug-likeness (QED) is 0.918. The van der Waals surface area contributed by atoms with E-state index in [1.165, 1.54) is 5.56 Å². The Kier molecular flexibility index (Phi) is 4.69. The predicted molar refractivity (Wildman–Crippen MR) is 82.5 cm³/mol. The van der Waals surface area contributed by atoms with E-state index in [4.69, 9.17) is 5.73 Å². The van der Waals surface area contributed by atoms with Crippen LogP contribution in [0.2, 0.25) is 0 Å². The van der Waals surface area contributed by atoms with E-state index in [9.17, 15) is 9.00 Å². The first-order valence-corrected chi connectivity index (χ1v) is 7.82. The Morgan fingerprint density at radius 3 is 2.40 bits per heavy atom. The summed E-state index contributed by atoms with van der Waals surface area (Å²) in [6.07, 6.45) is 0. The second-order valence-electron chi connectivity index (χ2n) is 4.76. The van der Waals surface area contributed by atoms with E-state index in [1.807, 2.05) is 36.4 Å². The lowest BCUT2D eigenvalue weighted by Gasteiger charge is -2.06. The lowest BCUT2D eigenvalue weighted by molar-refractivity contribution is -0.115. The Hall–Kier alpha value is -1.94. The fraction of sp³-hybridized carbons (Fsp3) is 0.188. The first-order valence-electron chi connectivity index (χ1n) is 6.34. The van der Waals surface area contributed by atoms with Crippen LogP contribution < -0.4 is 5.73 Å². The number of rotatable bonds is 5. The van der Waals surface area contributed by atoms with E-state index in [0.717, 1.165) is 16.7 Å². The molecule has 0 aliphatic heterocycles. The number of benzene rings is 2. The van der Waals surface area contributed by atoms with Gasteiger partial charge in [0.25, 0.3) is 0 Å². The molecule has 0 aromatic heterocycles. The van der Waals surface area contributed by atoms with Crippen molar-refractivity contribution in [1.82, 2.24) is 0 Å². The molecule has 2 aromatic carbocycles. The van der Waals surface area contributed by atoms with Gasteiger partial charge in [0.2, 0.25) is 5.91 Å². The Balaban J connectivity index is 2.20. The summed E-state index contributed by atoms with van der Waals surface area (Å²) >= 11 is 0. The van der Waals surface area contributed by atoms with Gasteiger partial charge in [0.05, 0.1) is 0 Å². The molecule has 2 N–H and O–H groups in total. The molecule has 0 fully saturated rings. The van der Waals surface area contributed by atoms with Crippen molar-refractivity contribution in [2.45, 2.75) is 12.7 Å². The SMILES string of the molecule is Cc1cccc(-c2cccc(CS(=O)CC(N)=O)c2)c1. The Morgan fingerprint density at radius 1 is 1.10 bits per heavy atom. The molecule has 0 radical (unpaired) electrons. The molecule has 0 saturated heterocycles. The third-order valence-electron chi connectivity index (χ3n) is 2.91. The molecule has 0 aliphatic carbocycles. The van der Waals surface area contributed by atoms with E-state index in [1.54, 1.807) is 0 Å². The van der Waals surface area contributed by atoms with Crippen LogP contribution in [0.3, 0.4) is 0 Å². The van der Waals surface area contributed by atoms with Gasteiger partial charge in [0.15, 0.2) is 0 Å². The van der Waals surface area contributed by atoms with Crippen LogP contribution in [0, 0.1) is 6.92 Å². The molecule has 20 heavy (non-hydrogen) atoms. The number of carbonyl (C=O) groups is 1. The summed E-state index contributed by atoms with van der Waals surface area (Å²) in [6, 6.07) is 16.1. The van der Waals surface area contributed by atoms with Crippen LogP contribution in [-0.4, -0.2) is 15.9 Å². The van der Waals surface area contributed by atoms with E-state index in [0.29, 0.717) is 5.75 Å². The normalized spacial score (nSPS) is 12.1. The van der Waals surface area contributed by atoms with E-state index in [-0.39, 0.29) is 5.75 Å². The molecular weight excluding hydrogens is 270 g/mol. The third kappa shape index (κ3) is 4.03. The van der Waals surface area contributed by atoms with Crippen molar-refractivity contribution in [2.75, 3.05) is 5.75 Å². The van der Waals surface area contributed by atoms with Crippen LogP contribution >= 0.6 is 0 Å². The number of hydrogen-bond donors (Lipinski definition) is 1. The Labute approximate surface area is 121 Å². The summed E-state index contributed by atoms with van der Waals surface area (Å²) in [5.41, 5.74) is 9.42. The summed E-state index contributed by atoms with van der Waals surface area (Å²) in [5, 5.41) is 0. The Bertz CT molecular complexity index is 652. The van der Waals surface area contributed by atoms with Crippen LogP contribution in [0.4, 0.5) is 0 Å². The van der Waals surface area contributed by atoms with Crippen molar-refractivity contribution < 1.29 is 9.00 Å². The summed E-state index contributed by atoms with van der Waals surface area (Å²) in [6.45, 7) is 2.05. The van der Waals surface area contributed by atoms with E-state index in [2.05, 4.69) is 19.1 Å². The number of carbonyl (C=O) groups excluding carboxylic acids is 1. The average molecular weight is 287 g/mol. The zero-order valence-corrected chi connectivity index (χ0v) is 12.2. The van der Waals surface area contributed by atoms with E-state index < -0.39 is 16.7 Å². The number of primary amides is 1. The van der Waals surface area contributed by atoms with Crippen molar-refractivity contribution in [3.63, 3.8) is 0 Å². The predicted octanol–water partition coefficient (Wildman–Crippen LogP) is 2.40. The minimum Gasteiger partial charge on any atom is -0.369 e. The molecular formula is C16H17NO2S. The maximum absolute atomic E-state index is 11.7. The molecule has 1 atom stereocenters. The standard InChI is InChI=1S/C16H17NO2S/c1-12-4-2-6-14(8-12)15-7-3-5-13(9-15)10-20(19)11-16(17)18/h2-9H,10-11H2,1H3,(H2,17,18). The molecule has 1 amide bonds. The van der Waals surface area contributed by atoms with Crippen molar-refractivity contribution in [3.05, 3.63) is 59.7 Å². The van der Waals surface area contributed by atoms with Gasteiger partial charge < -0.3 is 5.73 Å². The zero-order valence-electron chi connectivity index (χ0n) is 11.3. The molecule has 2 aromatic rings. The van der Waals surface area contributed by atoms with Crippen LogP contribution in [-0.2, 0) is 21.3 Å².